The smallest absolute Gasteiger partial charge is 0.0744 e. The van der Waals surface area contributed by atoms with Gasteiger partial charge in [0.2, 0.25) is 0 Å². The van der Waals surface area contributed by atoms with Crippen LogP contribution in [0.1, 0.15) is 25.3 Å². The zero-order chi connectivity index (χ0) is 12.6. The molecule has 0 amide bonds. The van der Waals surface area contributed by atoms with Crippen molar-refractivity contribution < 1.29 is 9.84 Å². The van der Waals surface area contributed by atoms with Crippen molar-refractivity contribution in [1.29, 1.82) is 0 Å². The summed E-state index contributed by atoms with van der Waals surface area (Å²) in [7, 11) is 1.85. The summed E-state index contributed by atoms with van der Waals surface area (Å²) in [5, 5.41) is 12.9. The molecule has 1 aromatic carbocycles. The maximum Gasteiger partial charge on any atom is 0.0744 e. The monoisotopic (exact) mass is 237 g/mol. The first-order valence-electron chi connectivity index (χ1n) is 6.13. The van der Waals surface area contributed by atoms with Crippen LogP contribution in [0.25, 0.3) is 0 Å². The minimum atomic E-state index is -0.634. The molecule has 1 aromatic rings. The van der Waals surface area contributed by atoms with Crippen LogP contribution >= 0.6 is 0 Å². The molecule has 0 aliphatic rings. The molecule has 1 unspecified atom stereocenters. The van der Waals surface area contributed by atoms with Crippen LogP contribution in [0.5, 0.6) is 0 Å². The van der Waals surface area contributed by atoms with Crippen LogP contribution < -0.4 is 5.32 Å². The lowest BCUT2D eigenvalue weighted by atomic mass is 10.0. The lowest BCUT2D eigenvalue weighted by Gasteiger charge is -2.22. The Balaban J connectivity index is 2.09. The highest BCUT2D eigenvalue weighted by molar-refractivity contribution is 5.13. The Hall–Kier alpha value is -0.900. The Bertz CT molecular complexity index is 298. The van der Waals surface area contributed by atoms with E-state index >= 15 is 0 Å². The first-order chi connectivity index (χ1) is 8.14. The molecule has 2 N–H and O–H groups in total. The van der Waals surface area contributed by atoms with Crippen LogP contribution in [0.3, 0.4) is 0 Å². The fraction of sp³-hybridized carbons (Fsp3) is 0.571. The SMILES string of the molecule is CNCC(C)(O)CCCOCc1ccccc1. The van der Waals surface area contributed by atoms with E-state index in [9.17, 15) is 5.11 Å². The number of nitrogens with one attached hydrogen (secondary N) is 1. The van der Waals surface area contributed by atoms with Crippen molar-refractivity contribution in [2.45, 2.75) is 32.0 Å². The number of ether oxygens (including phenoxy) is 1. The summed E-state index contributed by atoms with van der Waals surface area (Å²) in [6, 6.07) is 10.1. The van der Waals surface area contributed by atoms with Crippen LogP contribution in [-0.2, 0) is 11.3 Å². The Morgan fingerprint density at radius 2 is 2.00 bits per heavy atom. The van der Waals surface area contributed by atoms with Gasteiger partial charge < -0.3 is 15.2 Å². The largest absolute Gasteiger partial charge is 0.389 e. The number of rotatable bonds is 8. The van der Waals surface area contributed by atoms with Gasteiger partial charge in [-0.05, 0) is 32.4 Å². The zero-order valence-electron chi connectivity index (χ0n) is 10.8. The topological polar surface area (TPSA) is 41.5 Å². The quantitative estimate of drug-likeness (QED) is 0.679. The molecule has 0 bridgehead atoms. The molecule has 0 fully saturated rings. The van der Waals surface area contributed by atoms with Crippen molar-refractivity contribution in [1.82, 2.24) is 5.32 Å². The third-order valence-corrected chi connectivity index (χ3v) is 2.67. The highest BCUT2D eigenvalue weighted by Gasteiger charge is 2.17. The second-order valence-electron chi connectivity index (χ2n) is 4.67. The number of benzene rings is 1. The summed E-state index contributed by atoms with van der Waals surface area (Å²) in [6.07, 6.45) is 1.63. The molecule has 96 valence electrons. The average molecular weight is 237 g/mol. The van der Waals surface area contributed by atoms with Crippen molar-refractivity contribution >= 4 is 0 Å². The maximum atomic E-state index is 9.91. The van der Waals surface area contributed by atoms with Crippen molar-refractivity contribution in [3.8, 4) is 0 Å². The van der Waals surface area contributed by atoms with Gasteiger partial charge in [0, 0.05) is 13.2 Å². The Morgan fingerprint density at radius 1 is 1.29 bits per heavy atom. The van der Waals surface area contributed by atoms with E-state index in [4.69, 9.17) is 4.74 Å². The van der Waals surface area contributed by atoms with Gasteiger partial charge in [0.15, 0.2) is 0 Å². The standard InChI is InChI=1S/C14H23NO2/c1-14(16,12-15-2)9-6-10-17-11-13-7-4-3-5-8-13/h3-5,7-8,15-16H,6,9-12H2,1-2H3. The molecule has 0 aromatic heterocycles. The highest BCUT2D eigenvalue weighted by Crippen LogP contribution is 2.11. The Morgan fingerprint density at radius 3 is 2.65 bits per heavy atom. The van der Waals surface area contributed by atoms with E-state index in [1.807, 2.05) is 32.2 Å². The van der Waals surface area contributed by atoms with E-state index in [1.165, 1.54) is 5.56 Å². The fourth-order valence-electron chi connectivity index (χ4n) is 1.79. The molecule has 1 rings (SSSR count). The van der Waals surface area contributed by atoms with Crippen LogP contribution in [0.2, 0.25) is 0 Å². The summed E-state index contributed by atoms with van der Waals surface area (Å²) in [6.45, 7) is 3.80. The lowest BCUT2D eigenvalue weighted by molar-refractivity contribution is 0.0355. The third-order valence-electron chi connectivity index (χ3n) is 2.67. The molecule has 17 heavy (non-hydrogen) atoms. The molecule has 0 spiro atoms. The van der Waals surface area contributed by atoms with Gasteiger partial charge >= 0.3 is 0 Å². The van der Waals surface area contributed by atoms with Crippen molar-refractivity contribution in [2.24, 2.45) is 0 Å². The molecule has 0 aliphatic heterocycles. The number of aliphatic hydroxyl groups is 1. The molecular formula is C14H23NO2. The van der Waals surface area contributed by atoms with E-state index in [1.54, 1.807) is 0 Å². The zero-order valence-corrected chi connectivity index (χ0v) is 10.8. The van der Waals surface area contributed by atoms with Crippen LogP contribution in [0.4, 0.5) is 0 Å². The van der Waals surface area contributed by atoms with Gasteiger partial charge in [-0.1, -0.05) is 30.3 Å². The van der Waals surface area contributed by atoms with Gasteiger partial charge in [-0.15, -0.1) is 0 Å². The summed E-state index contributed by atoms with van der Waals surface area (Å²) in [5.74, 6) is 0. The summed E-state index contributed by atoms with van der Waals surface area (Å²) in [4.78, 5) is 0. The van der Waals surface area contributed by atoms with Crippen molar-refractivity contribution in [3.05, 3.63) is 35.9 Å². The molecule has 0 saturated heterocycles. The van der Waals surface area contributed by atoms with Gasteiger partial charge in [0.05, 0.1) is 12.2 Å². The second kappa shape index (κ2) is 7.43. The molecule has 0 radical (unpaired) electrons. The minimum absolute atomic E-state index is 0.617. The predicted octanol–water partition coefficient (Wildman–Crippen LogP) is 1.95. The lowest BCUT2D eigenvalue weighted by Crippen LogP contribution is -2.36. The van der Waals surface area contributed by atoms with E-state index in [0.717, 1.165) is 12.8 Å². The van der Waals surface area contributed by atoms with E-state index in [-0.39, 0.29) is 0 Å². The van der Waals surface area contributed by atoms with E-state index < -0.39 is 5.60 Å². The predicted molar refractivity (Wildman–Crippen MR) is 69.9 cm³/mol. The van der Waals surface area contributed by atoms with E-state index in [2.05, 4.69) is 17.4 Å². The molecule has 0 heterocycles. The van der Waals surface area contributed by atoms with Crippen LogP contribution in [0.15, 0.2) is 30.3 Å². The summed E-state index contributed by atoms with van der Waals surface area (Å²) in [5.41, 5.74) is 0.555. The maximum absolute atomic E-state index is 9.91. The van der Waals surface area contributed by atoms with Gasteiger partial charge in [-0.2, -0.15) is 0 Å². The van der Waals surface area contributed by atoms with Crippen molar-refractivity contribution in [2.75, 3.05) is 20.2 Å². The summed E-state index contributed by atoms with van der Waals surface area (Å²) < 4.78 is 5.56. The van der Waals surface area contributed by atoms with E-state index in [0.29, 0.717) is 19.8 Å². The van der Waals surface area contributed by atoms with Gasteiger partial charge in [0.1, 0.15) is 0 Å². The summed E-state index contributed by atoms with van der Waals surface area (Å²) >= 11 is 0. The molecule has 0 aliphatic carbocycles. The molecule has 3 heteroatoms. The second-order valence-corrected chi connectivity index (χ2v) is 4.67. The van der Waals surface area contributed by atoms with Gasteiger partial charge in [0.25, 0.3) is 0 Å². The Kier molecular flexibility index (Phi) is 6.19. The number of likely N-dealkylation sites (N-methyl/N-ethyl adjacent to an activating group) is 1. The van der Waals surface area contributed by atoms with Gasteiger partial charge in [-0.25, -0.2) is 0 Å². The van der Waals surface area contributed by atoms with Crippen molar-refractivity contribution in [3.63, 3.8) is 0 Å². The average Bonchev–Trinajstić information content (AvgIpc) is 2.30. The molecule has 3 nitrogen and oxygen atoms in total. The van der Waals surface area contributed by atoms with Gasteiger partial charge in [-0.3, -0.25) is 0 Å². The first-order valence-corrected chi connectivity index (χ1v) is 6.13. The Labute approximate surface area is 104 Å². The molecular weight excluding hydrogens is 214 g/mol. The highest BCUT2D eigenvalue weighted by atomic mass is 16.5. The van der Waals surface area contributed by atoms with Crippen LogP contribution in [0, 0.1) is 0 Å². The first kappa shape index (κ1) is 14.2. The minimum Gasteiger partial charge on any atom is -0.389 e. The van der Waals surface area contributed by atoms with Crippen LogP contribution in [-0.4, -0.2) is 30.9 Å². The molecule has 0 saturated carbocycles. The normalized spacial score (nSPS) is 14.5. The number of hydrogen-bond donors (Lipinski definition) is 2. The number of hydrogen-bond acceptors (Lipinski definition) is 3. The third kappa shape index (κ3) is 6.41. The fourth-order valence-corrected chi connectivity index (χ4v) is 1.79. The molecule has 1 atom stereocenters.